The van der Waals surface area contributed by atoms with Gasteiger partial charge in [0.15, 0.2) is 17.9 Å². The molecule has 0 spiro atoms. The number of hydrogen-bond acceptors (Lipinski definition) is 2. The molecule has 0 aliphatic carbocycles. The third-order valence-electron chi connectivity index (χ3n) is 9.03. The van der Waals surface area contributed by atoms with E-state index in [2.05, 4.69) is 93.1 Å². The van der Waals surface area contributed by atoms with Gasteiger partial charge >= 0.3 is 5.97 Å². The van der Waals surface area contributed by atoms with E-state index in [4.69, 9.17) is 4.74 Å². The van der Waals surface area contributed by atoms with E-state index in [9.17, 15) is 4.79 Å². The summed E-state index contributed by atoms with van der Waals surface area (Å²) in [4.78, 5) is 13.0. The van der Waals surface area contributed by atoms with Crippen LogP contribution in [0.5, 0.6) is 0 Å². The molecule has 5 rings (SSSR count). The van der Waals surface area contributed by atoms with Crippen molar-refractivity contribution < 1.29 is 18.7 Å². The average molecular weight is 521 g/mol. The molecule has 0 saturated carbocycles. The average Bonchev–Trinajstić information content (AvgIpc) is 2.97. The van der Waals surface area contributed by atoms with Gasteiger partial charge in [0.1, 0.15) is 7.05 Å². The van der Waals surface area contributed by atoms with Crippen LogP contribution >= 0.6 is 0 Å². The van der Waals surface area contributed by atoms with Crippen LogP contribution in [0.4, 0.5) is 0 Å². The molecule has 2 unspecified atom stereocenters. The number of carbonyl (C=O) groups is 1. The number of pyridine rings is 2. The van der Waals surface area contributed by atoms with Crippen molar-refractivity contribution in [1.82, 2.24) is 0 Å². The molecule has 1 aliphatic heterocycles. The minimum Gasteiger partial charge on any atom is -0.427 e. The topological polar surface area (TPSA) is 34.1 Å². The summed E-state index contributed by atoms with van der Waals surface area (Å²) in [6, 6.07) is 23.6. The molecule has 3 heterocycles. The SMILES string of the molecule is CCCCc1ccc2c3[n+](ccc2c1)C(C=COC(=O)c1cccc[n+]1C)(CC)C(C)(CC)c1ccccc1-3. The lowest BCUT2D eigenvalue weighted by molar-refractivity contribution is -0.755. The molecule has 4 nitrogen and oxygen atoms in total. The summed E-state index contributed by atoms with van der Waals surface area (Å²) in [5.41, 5.74) is 5.09. The first kappa shape index (κ1) is 26.8. The van der Waals surface area contributed by atoms with Crippen LogP contribution in [0.3, 0.4) is 0 Å². The number of nitrogens with zero attached hydrogens (tertiary/aromatic N) is 2. The van der Waals surface area contributed by atoms with Gasteiger partial charge in [0.2, 0.25) is 5.69 Å². The predicted molar refractivity (Wildman–Crippen MR) is 156 cm³/mol. The van der Waals surface area contributed by atoms with E-state index in [0.717, 1.165) is 19.3 Å². The van der Waals surface area contributed by atoms with E-state index < -0.39 is 5.54 Å². The Labute approximate surface area is 232 Å². The molecule has 2 aromatic heterocycles. The number of ether oxygens (including phenoxy) is 1. The highest BCUT2D eigenvalue weighted by molar-refractivity contribution is 5.94. The molecule has 0 bridgehead atoms. The number of unbranched alkanes of at least 4 members (excludes halogenated alkanes) is 1. The van der Waals surface area contributed by atoms with Gasteiger partial charge in [0.25, 0.3) is 5.69 Å². The third-order valence-corrected chi connectivity index (χ3v) is 9.03. The smallest absolute Gasteiger partial charge is 0.408 e. The van der Waals surface area contributed by atoms with Crippen molar-refractivity contribution in [3.05, 3.63) is 108 Å². The zero-order chi connectivity index (χ0) is 27.6. The van der Waals surface area contributed by atoms with Gasteiger partial charge in [-0.3, -0.25) is 0 Å². The number of allylic oxidation sites excluding steroid dienone is 1. The van der Waals surface area contributed by atoms with E-state index in [1.54, 1.807) is 16.9 Å². The normalized spacial score (nSPS) is 20.1. The number of hydrogen-bond donors (Lipinski definition) is 0. The Morgan fingerprint density at radius 1 is 0.949 bits per heavy atom. The summed E-state index contributed by atoms with van der Waals surface area (Å²) < 4.78 is 9.99. The van der Waals surface area contributed by atoms with E-state index >= 15 is 0 Å². The van der Waals surface area contributed by atoms with Crippen molar-refractivity contribution in [2.45, 2.75) is 70.8 Å². The molecule has 2 atom stereocenters. The number of rotatable bonds is 8. The van der Waals surface area contributed by atoms with Gasteiger partial charge < -0.3 is 4.74 Å². The van der Waals surface area contributed by atoms with Crippen LogP contribution < -0.4 is 9.13 Å². The van der Waals surface area contributed by atoms with Gasteiger partial charge in [-0.15, -0.1) is 0 Å². The maximum atomic E-state index is 13.0. The number of aromatic nitrogens is 2. The molecule has 39 heavy (non-hydrogen) atoms. The fraction of sp³-hybridized carbons (Fsp3) is 0.343. The van der Waals surface area contributed by atoms with Gasteiger partial charge in [0, 0.05) is 30.7 Å². The Hall–Kier alpha value is -3.79. The predicted octanol–water partition coefficient (Wildman–Crippen LogP) is 7.12. The Balaban J connectivity index is 1.68. The number of fused-ring (bicyclic) bond motifs is 5. The minimum absolute atomic E-state index is 0.217. The highest BCUT2D eigenvalue weighted by Gasteiger charge is 2.58. The van der Waals surface area contributed by atoms with Crippen LogP contribution in [0.25, 0.3) is 22.0 Å². The highest BCUT2D eigenvalue weighted by Crippen LogP contribution is 2.51. The van der Waals surface area contributed by atoms with E-state index in [-0.39, 0.29) is 11.4 Å². The Bertz CT molecular complexity index is 1560. The Morgan fingerprint density at radius 3 is 2.49 bits per heavy atom. The first-order valence-corrected chi connectivity index (χ1v) is 14.3. The molecule has 0 amide bonds. The molecular weight excluding hydrogens is 480 g/mol. The second kappa shape index (κ2) is 10.8. The van der Waals surface area contributed by atoms with Gasteiger partial charge in [0.05, 0.1) is 22.6 Å². The van der Waals surface area contributed by atoms with E-state index in [1.807, 2.05) is 25.4 Å². The molecule has 2 aromatic carbocycles. The summed E-state index contributed by atoms with van der Waals surface area (Å²) in [6.07, 6.45) is 13.1. The fourth-order valence-electron chi connectivity index (χ4n) is 6.58. The monoisotopic (exact) mass is 520 g/mol. The fourth-order valence-corrected chi connectivity index (χ4v) is 6.58. The summed E-state index contributed by atoms with van der Waals surface area (Å²) in [5.74, 6) is -0.363. The van der Waals surface area contributed by atoms with Gasteiger partial charge in [-0.1, -0.05) is 57.5 Å². The third kappa shape index (κ3) is 4.36. The summed E-state index contributed by atoms with van der Waals surface area (Å²) in [7, 11) is 1.85. The number of aryl methyl sites for hydroxylation is 2. The van der Waals surface area contributed by atoms with Crippen LogP contribution in [-0.4, -0.2) is 5.97 Å². The standard InChI is InChI=1S/C35H40N2O2/c1-6-9-14-26-18-19-28-27(25-26)20-23-37-32(28)29-15-10-11-16-30(29)34(4,7-2)35(37,8-3)21-24-39-33(38)31-17-12-13-22-36(31)5/h10-13,15-25H,6-9,14H2,1-5H3/q+2. The van der Waals surface area contributed by atoms with Gasteiger partial charge in [-0.25, -0.2) is 4.79 Å². The first-order valence-electron chi connectivity index (χ1n) is 14.3. The summed E-state index contributed by atoms with van der Waals surface area (Å²) in [6.45, 7) is 9.09. The zero-order valence-corrected chi connectivity index (χ0v) is 23.9. The molecule has 0 saturated heterocycles. The lowest BCUT2D eigenvalue weighted by Crippen LogP contribution is -2.68. The van der Waals surface area contributed by atoms with E-state index in [1.165, 1.54) is 46.0 Å². The molecule has 0 N–H and O–H groups in total. The second-order valence-corrected chi connectivity index (χ2v) is 11.0. The second-order valence-electron chi connectivity index (χ2n) is 11.0. The van der Waals surface area contributed by atoms with Crippen molar-refractivity contribution in [2.75, 3.05) is 0 Å². The lowest BCUT2D eigenvalue weighted by Gasteiger charge is -2.46. The first-order chi connectivity index (χ1) is 18.9. The summed E-state index contributed by atoms with van der Waals surface area (Å²) in [5, 5.41) is 2.52. The number of benzene rings is 2. The quantitative estimate of drug-likeness (QED) is 0.141. The van der Waals surface area contributed by atoms with Crippen molar-refractivity contribution in [3.8, 4) is 11.3 Å². The van der Waals surface area contributed by atoms with Crippen molar-refractivity contribution in [3.63, 3.8) is 0 Å². The zero-order valence-electron chi connectivity index (χ0n) is 23.9. The molecule has 1 aliphatic rings. The molecule has 0 radical (unpaired) electrons. The van der Waals surface area contributed by atoms with Crippen molar-refractivity contribution >= 4 is 16.7 Å². The number of esters is 1. The largest absolute Gasteiger partial charge is 0.427 e. The maximum Gasteiger partial charge on any atom is 0.408 e. The van der Waals surface area contributed by atoms with Crippen LogP contribution in [0, 0.1) is 0 Å². The van der Waals surface area contributed by atoms with Crippen molar-refractivity contribution in [1.29, 1.82) is 0 Å². The maximum absolute atomic E-state index is 13.0. The molecular formula is C35H40N2O2+2. The van der Waals surface area contributed by atoms with Crippen LogP contribution in [0.15, 0.2) is 91.5 Å². The van der Waals surface area contributed by atoms with Gasteiger partial charge in [-0.05, 0) is 60.9 Å². The Kier molecular flexibility index (Phi) is 7.40. The lowest BCUT2D eigenvalue weighted by atomic mass is 9.59. The Morgan fingerprint density at radius 2 is 1.74 bits per heavy atom. The highest BCUT2D eigenvalue weighted by atomic mass is 16.5. The minimum atomic E-state index is -0.431. The van der Waals surface area contributed by atoms with E-state index in [0.29, 0.717) is 5.69 Å². The number of carbonyl (C=O) groups excluding carboxylic acids is 1. The molecule has 4 heteroatoms. The van der Waals surface area contributed by atoms with Gasteiger partial charge in [-0.2, -0.15) is 9.13 Å². The van der Waals surface area contributed by atoms with Crippen molar-refractivity contribution in [2.24, 2.45) is 7.05 Å². The molecule has 200 valence electrons. The summed E-state index contributed by atoms with van der Waals surface area (Å²) >= 11 is 0. The molecule has 4 aromatic rings. The van der Waals surface area contributed by atoms with Crippen LogP contribution in [-0.2, 0) is 29.2 Å². The van der Waals surface area contributed by atoms with Crippen LogP contribution in [0.2, 0.25) is 0 Å². The molecule has 0 fully saturated rings. The van der Waals surface area contributed by atoms with Crippen LogP contribution in [0.1, 0.15) is 75.0 Å².